The molecule has 0 fully saturated rings. The lowest BCUT2D eigenvalue weighted by molar-refractivity contribution is -0.384. The molecule has 0 aliphatic rings. The lowest BCUT2D eigenvalue weighted by atomic mass is 10.2. The summed E-state index contributed by atoms with van der Waals surface area (Å²) < 4.78 is 0.541. The number of nitrogens with one attached hydrogen (secondary N) is 1. The van der Waals surface area contributed by atoms with Gasteiger partial charge < -0.3 is 5.32 Å². The number of non-ortho nitro benzene ring substituents is 1. The highest BCUT2D eigenvalue weighted by Gasteiger charge is 2.14. The van der Waals surface area contributed by atoms with Crippen LogP contribution in [0, 0.1) is 10.1 Å². The van der Waals surface area contributed by atoms with Crippen molar-refractivity contribution in [2.45, 2.75) is 6.92 Å². The molecule has 0 heterocycles. The molecular weight excluding hydrogens is 264 g/mol. The van der Waals surface area contributed by atoms with Gasteiger partial charge in [-0.3, -0.25) is 14.9 Å². The molecule has 6 heteroatoms. The van der Waals surface area contributed by atoms with Gasteiger partial charge in [0.1, 0.15) is 0 Å². The zero-order valence-electron chi connectivity index (χ0n) is 7.99. The van der Waals surface area contributed by atoms with Crippen molar-refractivity contribution in [2.75, 3.05) is 6.54 Å². The smallest absolute Gasteiger partial charge is 0.270 e. The molecule has 1 amide bonds. The zero-order chi connectivity index (χ0) is 11.4. The second-order valence-electron chi connectivity index (χ2n) is 2.78. The topological polar surface area (TPSA) is 72.2 Å². The van der Waals surface area contributed by atoms with Gasteiger partial charge >= 0.3 is 0 Å². The largest absolute Gasteiger partial charge is 0.352 e. The number of benzene rings is 1. The second kappa shape index (κ2) is 4.88. The number of nitro groups is 1. The number of amides is 1. The lowest BCUT2D eigenvalue weighted by Crippen LogP contribution is -2.23. The number of nitrogens with zero attached hydrogens (tertiary/aromatic N) is 1. The number of carbonyl (C=O) groups excluding carboxylic acids is 1. The normalized spacial score (nSPS) is 9.73. The minimum Gasteiger partial charge on any atom is -0.352 e. The molecule has 15 heavy (non-hydrogen) atoms. The van der Waals surface area contributed by atoms with Crippen LogP contribution < -0.4 is 5.32 Å². The summed E-state index contributed by atoms with van der Waals surface area (Å²) in [6.07, 6.45) is 0. The van der Waals surface area contributed by atoms with Gasteiger partial charge in [0.05, 0.1) is 10.5 Å². The number of hydrogen-bond acceptors (Lipinski definition) is 3. The number of carbonyl (C=O) groups is 1. The Morgan fingerprint density at radius 1 is 1.60 bits per heavy atom. The highest BCUT2D eigenvalue weighted by molar-refractivity contribution is 9.10. The average molecular weight is 273 g/mol. The van der Waals surface area contributed by atoms with Crippen molar-refractivity contribution in [3.63, 3.8) is 0 Å². The van der Waals surface area contributed by atoms with Gasteiger partial charge in [0, 0.05) is 23.2 Å². The van der Waals surface area contributed by atoms with Gasteiger partial charge in [0.15, 0.2) is 0 Å². The third-order valence-corrected chi connectivity index (χ3v) is 2.43. The Hall–Kier alpha value is -1.43. The Labute approximate surface area is 94.8 Å². The van der Waals surface area contributed by atoms with Crippen molar-refractivity contribution in [1.82, 2.24) is 5.32 Å². The lowest BCUT2D eigenvalue weighted by Gasteiger charge is -2.03. The molecule has 0 saturated heterocycles. The Bertz CT molecular complexity index is 406. The number of nitro benzene ring substituents is 1. The fourth-order valence-corrected chi connectivity index (χ4v) is 1.48. The molecule has 0 bridgehead atoms. The predicted molar refractivity (Wildman–Crippen MR) is 58.8 cm³/mol. The molecular formula is C9H9BrN2O3. The molecule has 5 nitrogen and oxygen atoms in total. The maximum absolute atomic E-state index is 11.5. The fourth-order valence-electron chi connectivity index (χ4n) is 1.06. The molecule has 0 saturated carbocycles. The molecule has 80 valence electrons. The van der Waals surface area contributed by atoms with Crippen LogP contribution in [0.1, 0.15) is 17.3 Å². The first-order valence-corrected chi connectivity index (χ1v) is 5.07. The molecule has 0 aliphatic heterocycles. The van der Waals surface area contributed by atoms with Crippen LogP contribution in [-0.4, -0.2) is 17.4 Å². The highest BCUT2D eigenvalue weighted by atomic mass is 79.9. The van der Waals surface area contributed by atoms with Crippen molar-refractivity contribution in [3.8, 4) is 0 Å². The van der Waals surface area contributed by atoms with Gasteiger partial charge in [-0.25, -0.2) is 0 Å². The predicted octanol–water partition coefficient (Wildman–Crippen LogP) is 2.11. The summed E-state index contributed by atoms with van der Waals surface area (Å²) in [7, 11) is 0. The minimum atomic E-state index is -0.533. The van der Waals surface area contributed by atoms with E-state index >= 15 is 0 Å². The summed E-state index contributed by atoms with van der Waals surface area (Å²) in [4.78, 5) is 21.4. The van der Waals surface area contributed by atoms with E-state index in [1.165, 1.54) is 18.2 Å². The Kier molecular flexibility index (Phi) is 3.79. The number of hydrogen-bond donors (Lipinski definition) is 1. The van der Waals surface area contributed by atoms with Crippen LogP contribution in [0.5, 0.6) is 0 Å². The molecule has 1 rings (SSSR count). The zero-order valence-corrected chi connectivity index (χ0v) is 9.58. The summed E-state index contributed by atoms with van der Waals surface area (Å²) >= 11 is 3.17. The molecule has 0 aromatic heterocycles. The van der Waals surface area contributed by atoms with Gasteiger partial charge in [-0.1, -0.05) is 0 Å². The average Bonchev–Trinajstić information content (AvgIpc) is 2.18. The van der Waals surface area contributed by atoms with Crippen LogP contribution in [0.4, 0.5) is 5.69 Å². The minimum absolute atomic E-state index is 0.0977. The summed E-state index contributed by atoms with van der Waals surface area (Å²) in [6, 6.07) is 4.07. The quantitative estimate of drug-likeness (QED) is 0.677. The summed E-state index contributed by atoms with van der Waals surface area (Å²) in [5.74, 6) is -0.326. The highest BCUT2D eigenvalue weighted by Crippen LogP contribution is 2.22. The molecule has 1 aromatic rings. The van der Waals surface area contributed by atoms with E-state index in [2.05, 4.69) is 21.2 Å². The first-order valence-electron chi connectivity index (χ1n) is 4.28. The molecule has 0 atom stereocenters. The second-order valence-corrected chi connectivity index (χ2v) is 3.64. The van der Waals surface area contributed by atoms with Crippen LogP contribution in [0.3, 0.4) is 0 Å². The monoisotopic (exact) mass is 272 g/mol. The standard InChI is InChI=1S/C9H9BrN2O3/c1-2-11-9(13)7-5-6(12(14)15)3-4-8(7)10/h3-5H,2H2,1H3,(H,11,13). The summed E-state index contributed by atoms with van der Waals surface area (Å²) in [6.45, 7) is 2.26. The van der Waals surface area contributed by atoms with Gasteiger partial charge in [0.25, 0.3) is 11.6 Å². The number of rotatable bonds is 3. The van der Waals surface area contributed by atoms with Crippen molar-refractivity contribution in [2.24, 2.45) is 0 Å². The molecule has 0 aliphatic carbocycles. The van der Waals surface area contributed by atoms with Crippen LogP contribution >= 0.6 is 15.9 Å². The van der Waals surface area contributed by atoms with Crippen molar-refractivity contribution >= 4 is 27.5 Å². The van der Waals surface area contributed by atoms with Gasteiger partial charge in [-0.15, -0.1) is 0 Å². The first kappa shape index (κ1) is 11.6. The fraction of sp³-hybridized carbons (Fsp3) is 0.222. The summed E-state index contributed by atoms with van der Waals surface area (Å²) in [5, 5.41) is 13.1. The first-order chi connectivity index (χ1) is 7.06. The van der Waals surface area contributed by atoms with Crippen LogP contribution in [0.15, 0.2) is 22.7 Å². The molecule has 1 aromatic carbocycles. The Morgan fingerprint density at radius 3 is 2.80 bits per heavy atom. The molecule has 0 radical (unpaired) electrons. The van der Waals surface area contributed by atoms with Crippen molar-refractivity contribution < 1.29 is 9.72 Å². The van der Waals surface area contributed by atoms with Gasteiger partial charge in [0.2, 0.25) is 0 Å². The SMILES string of the molecule is CCNC(=O)c1cc([N+](=O)[O-])ccc1Br. The maximum Gasteiger partial charge on any atom is 0.270 e. The Morgan fingerprint density at radius 2 is 2.27 bits per heavy atom. The molecule has 0 spiro atoms. The maximum atomic E-state index is 11.5. The van der Waals surface area contributed by atoms with E-state index in [0.29, 0.717) is 11.0 Å². The molecule has 1 N–H and O–H groups in total. The molecule has 0 unspecified atom stereocenters. The Balaban J connectivity index is 3.10. The van der Waals surface area contributed by atoms with E-state index in [9.17, 15) is 14.9 Å². The van der Waals surface area contributed by atoms with E-state index < -0.39 is 4.92 Å². The van der Waals surface area contributed by atoms with Crippen molar-refractivity contribution in [3.05, 3.63) is 38.3 Å². The number of halogens is 1. The van der Waals surface area contributed by atoms with E-state index in [4.69, 9.17) is 0 Å². The van der Waals surface area contributed by atoms with Crippen LogP contribution in [-0.2, 0) is 0 Å². The van der Waals surface area contributed by atoms with Gasteiger partial charge in [-0.2, -0.15) is 0 Å². The van der Waals surface area contributed by atoms with Crippen LogP contribution in [0.2, 0.25) is 0 Å². The van der Waals surface area contributed by atoms with Crippen LogP contribution in [0.25, 0.3) is 0 Å². The third kappa shape index (κ3) is 2.76. The van der Waals surface area contributed by atoms with E-state index in [1.807, 2.05) is 0 Å². The third-order valence-electron chi connectivity index (χ3n) is 1.74. The van der Waals surface area contributed by atoms with E-state index in [-0.39, 0.29) is 17.2 Å². The summed E-state index contributed by atoms with van der Waals surface area (Å²) in [5.41, 5.74) is 0.172. The van der Waals surface area contributed by atoms with E-state index in [1.54, 1.807) is 6.92 Å². The van der Waals surface area contributed by atoms with Crippen molar-refractivity contribution in [1.29, 1.82) is 0 Å². The van der Waals surface area contributed by atoms with Gasteiger partial charge in [-0.05, 0) is 28.9 Å². The van der Waals surface area contributed by atoms with E-state index in [0.717, 1.165) is 0 Å².